The molecule has 0 aliphatic carbocycles. The van der Waals surface area contributed by atoms with Crippen molar-refractivity contribution in [2.45, 2.75) is 26.8 Å². The minimum Gasteiger partial charge on any atom is -0.496 e. The largest absolute Gasteiger partial charge is 0.496 e. The molecule has 0 aliphatic rings. The van der Waals surface area contributed by atoms with Gasteiger partial charge in [0, 0.05) is 18.2 Å². The number of halogens is 1. The minimum absolute atomic E-state index is 0.0589. The molecule has 3 rings (SSSR count). The van der Waals surface area contributed by atoms with Crippen molar-refractivity contribution in [3.05, 3.63) is 76.1 Å². The van der Waals surface area contributed by atoms with Gasteiger partial charge in [-0.3, -0.25) is 4.79 Å². The summed E-state index contributed by atoms with van der Waals surface area (Å²) < 4.78 is 7.22. The van der Waals surface area contributed by atoms with E-state index in [-0.39, 0.29) is 11.9 Å². The predicted molar refractivity (Wildman–Crippen MR) is 112 cm³/mol. The van der Waals surface area contributed by atoms with E-state index in [1.165, 1.54) is 0 Å². The second-order valence-corrected chi connectivity index (χ2v) is 7.16. The summed E-state index contributed by atoms with van der Waals surface area (Å²) in [5.41, 5.74) is 4.10. The van der Waals surface area contributed by atoms with Crippen LogP contribution in [0.2, 0.25) is 5.02 Å². The number of aromatic nitrogens is 2. The van der Waals surface area contributed by atoms with Gasteiger partial charge in [-0.05, 0) is 51.1 Å². The Bertz CT molecular complexity index is 996. The monoisotopic (exact) mass is 397 g/mol. The van der Waals surface area contributed by atoms with Crippen LogP contribution in [0.5, 0.6) is 5.75 Å². The highest BCUT2D eigenvalue weighted by atomic mass is 35.5. The second kappa shape index (κ2) is 8.07. The summed E-state index contributed by atoms with van der Waals surface area (Å²) in [5.74, 6) is 0.711. The number of amides is 1. The Kier molecular flexibility index (Phi) is 5.75. The third-order valence-corrected chi connectivity index (χ3v) is 5.60. The minimum atomic E-state index is -0.127. The first-order valence-corrected chi connectivity index (χ1v) is 9.45. The number of aryl methyl sites for hydroxylation is 1. The summed E-state index contributed by atoms with van der Waals surface area (Å²) in [6.45, 7) is 5.78. The lowest BCUT2D eigenvalue weighted by Gasteiger charge is -2.26. The Labute approximate surface area is 170 Å². The molecular weight excluding hydrogens is 374 g/mol. The molecule has 3 aromatic rings. The van der Waals surface area contributed by atoms with Crippen molar-refractivity contribution in [2.75, 3.05) is 14.2 Å². The number of carbonyl (C=O) groups excluding carboxylic acids is 1. The van der Waals surface area contributed by atoms with Crippen molar-refractivity contribution >= 4 is 17.5 Å². The van der Waals surface area contributed by atoms with Gasteiger partial charge in [0.1, 0.15) is 5.75 Å². The van der Waals surface area contributed by atoms with Crippen molar-refractivity contribution in [1.29, 1.82) is 0 Å². The van der Waals surface area contributed by atoms with Crippen LogP contribution in [0.3, 0.4) is 0 Å². The van der Waals surface area contributed by atoms with Crippen molar-refractivity contribution < 1.29 is 9.53 Å². The average Bonchev–Trinajstić information content (AvgIpc) is 2.99. The molecule has 1 heterocycles. The number of ether oxygens (including phenoxy) is 1. The Morgan fingerprint density at radius 1 is 1.14 bits per heavy atom. The van der Waals surface area contributed by atoms with Gasteiger partial charge in [0.2, 0.25) is 0 Å². The number of methoxy groups -OCH3 is 1. The predicted octanol–water partition coefficient (Wildman–Crippen LogP) is 4.98. The van der Waals surface area contributed by atoms with Crippen LogP contribution in [0.4, 0.5) is 0 Å². The number of carbonyl (C=O) groups is 1. The molecule has 1 amide bonds. The number of nitrogens with zero attached hydrogens (tertiary/aromatic N) is 3. The number of rotatable bonds is 5. The van der Waals surface area contributed by atoms with Crippen LogP contribution in [0.15, 0.2) is 48.5 Å². The van der Waals surface area contributed by atoms with Gasteiger partial charge in [0.15, 0.2) is 0 Å². The van der Waals surface area contributed by atoms with E-state index in [1.54, 1.807) is 23.7 Å². The number of benzene rings is 2. The van der Waals surface area contributed by atoms with Crippen LogP contribution in [-0.2, 0) is 0 Å². The lowest BCUT2D eigenvalue weighted by molar-refractivity contribution is 0.0741. The van der Waals surface area contributed by atoms with Crippen LogP contribution in [0, 0.1) is 13.8 Å². The van der Waals surface area contributed by atoms with Crippen LogP contribution in [0.25, 0.3) is 5.69 Å². The van der Waals surface area contributed by atoms with Gasteiger partial charge < -0.3 is 9.64 Å². The van der Waals surface area contributed by atoms with Gasteiger partial charge in [-0.1, -0.05) is 29.8 Å². The second-order valence-electron chi connectivity index (χ2n) is 6.78. The fraction of sp³-hybridized carbons (Fsp3) is 0.273. The molecule has 0 radical (unpaired) electrons. The van der Waals surface area contributed by atoms with E-state index in [0.29, 0.717) is 10.6 Å². The number of hydrogen-bond acceptors (Lipinski definition) is 3. The summed E-state index contributed by atoms with van der Waals surface area (Å²) >= 11 is 6.23. The summed E-state index contributed by atoms with van der Waals surface area (Å²) in [6.07, 6.45) is 0. The molecular formula is C22H24ClN3O2. The van der Waals surface area contributed by atoms with E-state index in [1.807, 2.05) is 69.3 Å². The van der Waals surface area contributed by atoms with Crippen LogP contribution >= 0.6 is 11.6 Å². The van der Waals surface area contributed by atoms with Crippen molar-refractivity contribution in [1.82, 2.24) is 14.7 Å². The van der Waals surface area contributed by atoms with Gasteiger partial charge in [0.25, 0.3) is 5.91 Å². The van der Waals surface area contributed by atoms with Gasteiger partial charge >= 0.3 is 0 Å². The summed E-state index contributed by atoms with van der Waals surface area (Å²) in [6, 6.07) is 15.0. The third kappa shape index (κ3) is 3.62. The Morgan fingerprint density at radius 3 is 2.36 bits per heavy atom. The molecule has 5 nitrogen and oxygen atoms in total. The molecule has 0 saturated carbocycles. The highest BCUT2D eigenvalue weighted by molar-refractivity contribution is 6.31. The molecule has 2 aromatic carbocycles. The molecule has 6 heteroatoms. The number of hydrogen-bond donors (Lipinski definition) is 0. The fourth-order valence-electron chi connectivity index (χ4n) is 3.22. The molecule has 0 unspecified atom stereocenters. The topological polar surface area (TPSA) is 47.4 Å². The third-order valence-electron chi connectivity index (χ3n) is 5.05. The van der Waals surface area contributed by atoms with Gasteiger partial charge in [-0.15, -0.1) is 0 Å². The highest BCUT2D eigenvalue weighted by Crippen LogP contribution is 2.29. The molecule has 0 N–H and O–H groups in total. The van der Waals surface area contributed by atoms with Crippen molar-refractivity contribution in [3.63, 3.8) is 0 Å². The maximum absolute atomic E-state index is 13.0. The van der Waals surface area contributed by atoms with Crippen molar-refractivity contribution in [2.24, 2.45) is 0 Å². The van der Waals surface area contributed by atoms with Crippen LogP contribution in [0.1, 0.15) is 40.3 Å². The Balaban J connectivity index is 1.83. The lowest BCUT2D eigenvalue weighted by atomic mass is 10.0. The van der Waals surface area contributed by atoms with Crippen LogP contribution < -0.4 is 4.74 Å². The zero-order valence-electron chi connectivity index (χ0n) is 16.7. The quantitative estimate of drug-likeness (QED) is 0.609. The molecule has 1 aromatic heterocycles. The fourth-order valence-corrected chi connectivity index (χ4v) is 3.34. The first-order chi connectivity index (χ1) is 13.3. The molecule has 0 fully saturated rings. The van der Waals surface area contributed by atoms with E-state index >= 15 is 0 Å². The molecule has 0 bridgehead atoms. The standard InChI is InChI=1S/C22H24ClN3O2/c1-14-21(23)16(3)26(24-14)18-12-10-17(11-13-18)22(27)25(4)15(2)19-8-6-7-9-20(19)28-5/h6-13,15H,1-5H3/t15-/m0/s1. The average molecular weight is 398 g/mol. The molecule has 146 valence electrons. The van der Waals surface area contributed by atoms with Gasteiger partial charge in [-0.25, -0.2) is 4.68 Å². The molecule has 0 saturated heterocycles. The Hall–Kier alpha value is -2.79. The zero-order chi connectivity index (χ0) is 20.4. The number of para-hydroxylation sites is 1. The maximum atomic E-state index is 13.0. The van der Waals surface area contributed by atoms with E-state index in [2.05, 4.69) is 5.10 Å². The van der Waals surface area contributed by atoms with Crippen molar-refractivity contribution in [3.8, 4) is 11.4 Å². The zero-order valence-corrected chi connectivity index (χ0v) is 17.5. The first kappa shape index (κ1) is 20.0. The first-order valence-electron chi connectivity index (χ1n) is 9.07. The summed E-state index contributed by atoms with van der Waals surface area (Å²) in [4.78, 5) is 14.7. The smallest absolute Gasteiger partial charge is 0.254 e. The van der Waals surface area contributed by atoms with Gasteiger partial charge in [0.05, 0.1) is 35.2 Å². The normalized spacial score (nSPS) is 11.9. The van der Waals surface area contributed by atoms with E-state index in [0.717, 1.165) is 28.4 Å². The Morgan fingerprint density at radius 2 is 1.79 bits per heavy atom. The van der Waals surface area contributed by atoms with E-state index in [4.69, 9.17) is 16.3 Å². The van der Waals surface area contributed by atoms with E-state index in [9.17, 15) is 4.79 Å². The van der Waals surface area contributed by atoms with E-state index < -0.39 is 0 Å². The molecule has 1 atom stereocenters. The summed E-state index contributed by atoms with van der Waals surface area (Å²) in [7, 11) is 3.44. The van der Waals surface area contributed by atoms with Crippen LogP contribution in [-0.4, -0.2) is 34.7 Å². The molecule has 0 spiro atoms. The summed E-state index contributed by atoms with van der Waals surface area (Å²) in [5, 5.41) is 5.11. The van der Waals surface area contributed by atoms with Gasteiger partial charge in [-0.2, -0.15) is 5.10 Å². The molecule has 28 heavy (non-hydrogen) atoms. The highest BCUT2D eigenvalue weighted by Gasteiger charge is 2.21. The maximum Gasteiger partial charge on any atom is 0.254 e. The molecule has 0 aliphatic heterocycles. The SMILES string of the molecule is COc1ccccc1[C@H](C)N(C)C(=O)c1ccc(-n2nc(C)c(Cl)c2C)cc1. The lowest BCUT2D eigenvalue weighted by Crippen LogP contribution is -2.29.